The van der Waals surface area contributed by atoms with Gasteiger partial charge in [0.1, 0.15) is 32.5 Å². The number of carbonyl (C=O) groups excluding carboxylic acids is 15. The van der Waals surface area contributed by atoms with Gasteiger partial charge in [-0.15, -0.1) is 0 Å². The molecule has 0 bridgehead atoms. The maximum Gasteiger partial charge on any atom is 0.409 e. The van der Waals surface area contributed by atoms with Gasteiger partial charge >= 0.3 is 54.2 Å². The molecule has 0 spiro atoms. The molecule has 7 atom stereocenters. The molecule has 0 saturated carbocycles. The van der Waals surface area contributed by atoms with Gasteiger partial charge in [0.25, 0.3) is 0 Å². The largest absolute Gasteiger partial charge is 0.466 e. The number of rotatable bonds is 55. The van der Waals surface area contributed by atoms with E-state index in [-0.39, 0.29) is 151 Å². The SMILES string of the molecule is CC(=O)OC(C)CN(C)C(=O)OCc1ccc(NC(=O)[C@H](CCCNC(N)=O)CC(=O)[C@@H](NC(C)(C)C)C(C)C)cc1.CC(=O)OCCCC(=O)OCCSSC(C)(C)CCC(C)(C)C.CC(=O)OCCN(C)C(=O)OCc1ccc(NC(=O)[C@H](CCCNC(N)=O)CC(=O)[C@@H](NC(C)(C)C)C(C)C)cc1.CCc1ccc(NC(=O)[C@H](CCCNC(N)=O)CC(=O)[C@@H](NC(C)(C)C)C(C)C)cc1. The van der Waals surface area contributed by atoms with Gasteiger partial charge in [0.2, 0.25) is 17.7 Å². The molecule has 0 aliphatic heterocycles. The van der Waals surface area contributed by atoms with Crippen LogP contribution < -0.4 is 65.1 Å². The van der Waals surface area contributed by atoms with E-state index in [1.165, 1.54) is 56.0 Å². The van der Waals surface area contributed by atoms with Gasteiger partial charge in [-0.05, 0) is 224 Å². The first-order valence-corrected chi connectivity index (χ1v) is 49.7. The van der Waals surface area contributed by atoms with E-state index in [2.05, 4.69) is 89.4 Å². The molecule has 3 aromatic rings. The lowest BCUT2D eigenvalue weighted by atomic mass is 9.87. The first kappa shape index (κ1) is 127. The fourth-order valence-corrected chi connectivity index (χ4v) is 15.7. The summed E-state index contributed by atoms with van der Waals surface area (Å²) < 4.78 is 30.6. The number of aryl methyl sites for hydroxylation is 1. The first-order valence-electron chi connectivity index (χ1n) is 47.4. The summed E-state index contributed by atoms with van der Waals surface area (Å²) in [6.45, 7) is 51.1. The van der Waals surface area contributed by atoms with Crippen molar-refractivity contribution in [2.45, 2.75) is 322 Å². The van der Waals surface area contributed by atoms with Crippen LogP contribution in [0.4, 0.5) is 41.0 Å². The number of carbonyl (C=O) groups is 15. The van der Waals surface area contributed by atoms with Gasteiger partial charge < -0.3 is 103 Å². The molecule has 0 aliphatic rings. The molecule has 3 aromatic carbocycles. The average molecular weight is 1970 g/mol. The molecule has 0 fully saturated rings. The van der Waals surface area contributed by atoms with Crippen molar-refractivity contribution in [1.29, 1.82) is 0 Å². The summed E-state index contributed by atoms with van der Waals surface area (Å²) in [5.41, 5.74) is 19.4. The number of anilines is 3. The number of hydrogen-bond acceptors (Lipinski definition) is 26. The van der Waals surface area contributed by atoms with Crippen LogP contribution in [0.5, 0.6) is 0 Å². The van der Waals surface area contributed by atoms with Gasteiger partial charge in [-0.3, -0.25) is 47.9 Å². The molecular weight excluding hydrogens is 1800 g/mol. The highest BCUT2D eigenvalue weighted by Gasteiger charge is 2.35. The lowest BCUT2D eigenvalue weighted by Gasteiger charge is -2.31. The summed E-state index contributed by atoms with van der Waals surface area (Å²) in [5, 5.41) is 26.4. The highest BCUT2D eigenvalue weighted by molar-refractivity contribution is 8.77. The quantitative estimate of drug-likeness (QED) is 0.0108. The van der Waals surface area contributed by atoms with Crippen LogP contribution in [-0.2, 0) is 96.0 Å². The maximum absolute atomic E-state index is 13.3. The Labute approximate surface area is 823 Å². The minimum atomic E-state index is -0.643. The number of primary amides is 3. The third-order valence-electron chi connectivity index (χ3n) is 20.4. The van der Waals surface area contributed by atoms with Crippen LogP contribution in [0, 0.1) is 40.9 Å². The van der Waals surface area contributed by atoms with Crippen molar-refractivity contribution in [3.8, 4) is 0 Å². The summed E-state index contributed by atoms with van der Waals surface area (Å²) >= 11 is 0. The van der Waals surface area contributed by atoms with Crippen molar-refractivity contribution in [2.24, 2.45) is 58.1 Å². The number of amides is 11. The Balaban J connectivity index is 0.00000184. The molecule has 11 amide bonds. The number of likely N-dealkylation sites (N-methyl/N-ethyl adjacent to an activating group) is 2. The number of hydrogen-bond donors (Lipinski definition) is 12. The molecule has 0 aliphatic carbocycles. The summed E-state index contributed by atoms with van der Waals surface area (Å²) in [4.78, 5) is 183. The van der Waals surface area contributed by atoms with Gasteiger partial charge in [-0.2, -0.15) is 0 Å². The molecule has 0 saturated heterocycles. The number of ether oxygens (including phenoxy) is 6. The van der Waals surface area contributed by atoms with Crippen LogP contribution >= 0.6 is 21.6 Å². The van der Waals surface area contributed by atoms with E-state index in [9.17, 15) is 71.9 Å². The first-order chi connectivity index (χ1) is 63.5. The molecule has 0 heterocycles. The van der Waals surface area contributed by atoms with E-state index in [4.69, 9.17) is 45.6 Å². The normalized spacial score (nSPS) is 13.0. The molecule has 0 aromatic heterocycles. The zero-order valence-electron chi connectivity index (χ0n) is 86.9. The third-order valence-corrected chi connectivity index (χ3v) is 23.7. The van der Waals surface area contributed by atoms with Crippen LogP contribution in [0.3, 0.4) is 0 Å². The molecular formula is C100H168N14O21S2. The number of ketones is 3. The van der Waals surface area contributed by atoms with Crippen molar-refractivity contribution in [1.82, 2.24) is 41.7 Å². The molecule has 35 nitrogen and oxygen atoms in total. The minimum Gasteiger partial charge on any atom is -0.466 e. The number of urea groups is 3. The molecule has 3 rings (SSSR count). The van der Waals surface area contributed by atoms with Gasteiger partial charge in [-0.1, -0.05) is 127 Å². The second kappa shape index (κ2) is 65.7. The zero-order valence-corrected chi connectivity index (χ0v) is 88.5. The van der Waals surface area contributed by atoms with Crippen molar-refractivity contribution >= 4 is 128 Å². The van der Waals surface area contributed by atoms with Crippen LogP contribution in [0.1, 0.15) is 273 Å². The highest BCUT2D eigenvalue weighted by atomic mass is 33.1. The molecule has 137 heavy (non-hydrogen) atoms. The smallest absolute Gasteiger partial charge is 0.409 e. The Hall–Kier alpha value is -10.1. The Kier molecular flexibility index (Phi) is 60.8. The van der Waals surface area contributed by atoms with Gasteiger partial charge in [0.15, 0.2) is 17.3 Å². The fraction of sp³-hybridized carbons (Fsp3) is 0.670. The molecule has 37 heteroatoms. The minimum absolute atomic E-state index is 0.0146. The van der Waals surface area contributed by atoms with Gasteiger partial charge in [0, 0.05) is 142 Å². The lowest BCUT2D eigenvalue weighted by molar-refractivity contribution is -0.146. The van der Waals surface area contributed by atoms with Crippen molar-refractivity contribution in [2.75, 3.05) is 88.3 Å². The predicted octanol–water partition coefficient (Wildman–Crippen LogP) is 15.3. The number of nitrogens with one attached hydrogen (secondary N) is 9. The van der Waals surface area contributed by atoms with E-state index >= 15 is 0 Å². The average Bonchev–Trinajstić information content (AvgIpc) is 0.860. The second-order valence-corrected chi connectivity index (χ2v) is 43.3. The number of benzene rings is 3. The monoisotopic (exact) mass is 1970 g/mol. The van der Waals surface area contributed by atoms with Crippen LogP contribution in [0.15, 0.2) is 72.8 Å². The van der Waals surface area contributed by atoms with E-state index in [1.807, 2.05) is 139 Å². The maximum atomic E-state index is 13.3. The number of Topliss-reactive ketones (excluding diaryl/α,β-unsaturated/α-hetero) is 3. The number of esters is 4. The van der Waals surface area contributed by atoms with Gasteiger partial charge in [-0.25, -0.2) is 24.0 Å². The highest BCUT2D eigenvalue weighted by Crippen LogP contribution is 2.41. The van der Waals surface area contributed by atoms with E-state index in [0.717, 1.165) is 12.2 Å². The van der Waals surface area contributed by atoms with Crippen molar-refractivity contribution in [3.05, 3.63) is 89.5 Å². The summed E-state index contributed by atoms with van der Waals surface area (Å²) in [6.07, 6.45) is 5.51. The summed E-state index contributed by atoms with van der Waals surface area (Å²) in [6, 6.07) is 18.4. The van der Waals surface area contributed by atoms with Crippen LogP contribution in [-0.4, -0.2) is 217 Å². The van der Waals surface area contributed by atoms with E-state index in [1.54, 1.807) is 73.3 Å². The van der Waals surface area contributed by atoms with E-state index < -0.39 is 78.2 Å². The van der Waals surface area contributed by atoms with Crippen LogP contribution in [0.2, 0.25) is 0 Å². The standard InChI is InChI=1S/C30H49N5O7.C29H47N5O7.C24H40N4O3.C17H32O4S2/c1-19(2)26(34-30(5,6)7)25(37)16-23(10-9-15-32-28(31)39)27(38)33-24-13-11-22(12-14-24)18-41-29(40)35(8)17-20(3)42-21(4)36;1-19(2)25(33-29(4,5)6)24(36)17-22(9-8-14-31-27(30)38)26(37)32-23-12-10-21(11-13-23)18-41-28(39)34(7)15-16-40-20(3)35;1-7-17-10-12-19(13-11-17)27-22(30)18(9-8-14-26-23(25)31)15-20(29)21(16(2)3)28-24(4,5)6;1-14(18)20-11-7-8-15(19)21-12-13-22-23-17(5,6)10-9-16(2,3)4/h11-14,19-20,23,26,34H,9-10,15-18H2,1-8H3,(H,33,38)(H3,31,32,39);10-13,19,22,25,33H,8-9,14-18H2,1-7H3,(H,32,37)(H3,30,31,38);10-13,16,18,21,28H,7-9,14-15H2,1-6H3,(H,27,30)(H3,25,26,31);7-13H2,1-6H3/t20?,23-,26+;22-,25+;18-,21+;/m111./s1. The molecule has 1 unspecified atom stereocenters. The molecule has 15 N–H and O–H groups in total. The zero-order chi connectivity index (χ0) is 105. The molecule has 0 radical (unpaired) electrons. The lowest BCUT2D eigenvalue weighted by Crippen LogP contribution is -2.51. The predicted molar refractivity (Wildman–Crippen MR) is 542 cm³/mol. The van der Waals surface area contributed by atoms with Gasteiger partial charge in [0.05, 0.1) is 37.8 Å². The summed E-state index contributed by atoms with van der Waals surface area (Å²) in [5.74, 6) is -2.99. The summed E-state index contributed by atoms with van der Waals surface area (Å²) in [7, 11) is 6.71. The Morgan fingerprint density at radius 3 is 1.05 bits per heavy atom. The van der Waals surface area contributed by atoms with E-state index in [0.29, 0.717) is 111 Å². The Morgan fingerprint density at radius 1 is 0.409 bits per heavy atom. The topological polar surface area (TPSA) is 504 Å². The Morgan fingerprint density at radius 2 is 0.745 bits per heavy atom. The molecule has 776 valence electrons. The number of nitrogens with zero attached hydrogens (tertiary/aromatic N) is 2. The van der Waals surface area contributed by atoms with Crippen LogP contribution in [0.25, 0.3) is 0 Å². The number of nitrogens with two attached hydrogens (primary N) is 3. The third kappa shape index (κ3) is 64.6. The Bertz CT molecular complexity index is 4190. The van der Waals surface area contributed by atoms with Crippen molar-refractivity contribution < 1.29 is 100 Å². The van der Waals surface area contributed by atoms with Crippen molar-refractivity contribution in [3.63, 3.8) is 0 Å². The fourth-order valence-electron chi connectivity index (χ4n) is 13.3. The second-order valence-electron chi connectivity index (χ2n) is 40.2.